The molecule has 0 bridgehead atoms. The number of allylic oxidation sites excluding steroid dienone is 1. The summed E-state index contributed by atoms with van der Waals surface area (Å²) in [7, 11) is 0. The number of rotatable bonds is 8. The first kappa shape index (κ1) is 26.6. The SMILES string of the molecule is C=C(C)C(=O)OCCCN1C(=C=Cc2c(C)c(C#N)c(=O)n(CCO)c2O)C(C)(C)c2ccccc21. The Labute approximate surface area is 210 Å². The van der Waals surface area contributed by atoms with Crippen molar-refractivity contribution >= 4 is 17.7 Å². The molecule has 0 atom stereocenters. The van der Waals surface area contributed by atoms with Crippen molar-refractivity contribution in [3.8, 4) is 11.9 Å². The second-order valence-corrected chi connectivity index (χ2v) is 9.23. The van der Waals surface area contributed by atoms with Gasteiger partial charge in [-0.1, -0.05) is 30.5 Å². The van der Waals surface area contributed by atoms with Gasteiger partial charge >= 0.3 is 5.97 Å². The van der Waals surface area contributed by atoms with Crippen LogP contribution in [-0.4, -0.2) is 40.5 Å². The summed E-state index contributed by atoms with van der Waals surface area (Å²) >= 11 is 0. The van der Waals surface area contributed by atoms with E-state index < -0.39 is 16.9 Å². The number of esters is 1. The number of benzene rings is 1. The number of carbonyl (C=O) groups is 1. The van der Waals surface area contributed by atoms with E-state index in [1.54, 1.807) is 19.9 Å². The molecule has 3 rings (SSSR count). The van der Waals surface area contributed by atoms with Gasteiger partial charge in [-0.2, -0.15) is 5.26 Å². The van der Waals surface area contributed by atoms with E-state index in [9.17, 15) is 25.1 Å². The van der Waals surface area contributed by atoms with Gasteiger partial charge in [0.1, 0.15) is 11.6 Å². The monoisotopic (exact) mass is 489 g/mol. The fourth-order valence-electron chi connectivity index (χ4n) is 4.42. The smallest absolute Gasteiger partial charge is 0.333 e. The maximum Gasteiger partial charge on any atom is 0.333 e. The molecule has 1 aliphatic heterocycles. The number of fused-ring (bicyclic) bond motifs is 1. The predicted molar refractivity (Wildman–Crippen MR) is 138 cm³/mol. The molecule has 2 heterocycles. The lowest BCUT2D eigenvalue weighted by molar-refractivity contribution is -0.138. The van der Waals surface area contributed by atoms with E-state index in [-0.39, 0.29) is 36.8 Å². The number of para-hydroxylation sites is 1. The summed E-state index contributed by atoms with van der Waals surface area (Å²) in [6, 6.07) is 9.91. The first-order valence-electron chi connectivity index (χ1n) is 11.7. The lowest BCUT2D eigenvalue weighted by Crippen LogP contribution is -2.27. The third-order valence-corrected chi connectivity index (χ3v) is 6.36. The summed E-state index contributed by atoms with van der Waals surface area (Å²) in [5.74, 6) is -0.754. The molecule has 1 aliphatic rings. The Balaban J connectivity index is 2.09. The van der Waals surface area contributed by atoms with Crippen LogP contribution in [0.25, 0.3) is 6.08 Å². The highest BCUT2D eigenvalue weighted by molar-refractivity contribution is 5.86. The minimum absolute atomic E-state index is 0.0931. The first-order chi connectivity index (χ1) is 17.1. The Morgan fingerprint density at radius 1 is 1.28 bits per heavy atom. The number of nitriles is 1. The fraction of sp³-hybridized carbons (Fsp3) is 0.357. The van der Waals surface area contributed by atoms with Crippen molar-refractivity contribution in [2.45, 2.75) is 46.1 Å². The van der Waals surface area contributed by atoms with Gasteiger partial charge in [0.05, 0.1) is 25.5 Å². The topological polar surface area (TPSA) is 116 Å². The second-order valence-electron chi connectivity index (χ2n) is 9.23. The van der Waals surface area contributed by atoms with Crippen molar-refractivity contribution in [1.29, 1.82) is 5.26 Å². The molecule has 0 spiro atoms. The zero-order chi connectivity index (χ0) is 26.6. The molecule has 1 aromatic carbocycles. The van der Waals surface area contributed by atoms with Crippen LogP contribution in [0.15, 0.2) is 52.6 Å². The van der Waals surface area contributed by atoms with Crippen LogP contribution >= 0.6 is 0 Å². The van der Waals surface area contributed by atoms with Crippen LogP contribution in [0, 0.1) is 18.3 Å². The molecule has 188 valence electrons. The number of aromatic hydroxyl groups is 1. The number of anilines is 1. The normalized spacial score (nSPS) is 13.6. The van der Waals surface area contributed by atoms with Crippen molar-refractivity contribution < 1.29 is 19.7 Å². The molecule has 8 heteroatoms. The number of aliphatic hydroxyl groups excluding tert-OH is 1. The Morgan fingerprint density at radius 3 is 2.61 bits per heavy atom. The van der Waals surface area contributed by atoms with Crippen LogP contribution in [-0.2, 0) is 21.5 Å². The van der Waals surface area contributed by atoms with Crippen LogP contribution in [0.4, 0.5) is 5.69 Å². The number of aliphatic hydroxyl groups is 1. The van der Waals surface area contributed by atoms with E-state index in [2.05, 4.69) is 37.1 Å². The van der Waals surface area contributed by atoms with Gasteiger partial charge in [-0.05, 0) is 57.4 Å². The van der Waals surface area contributed by atoms with E-state index in [0.29, 0.717) is 24.1 Å². The maximum absolute atomic E-state index is 12.6. The standard InChI is InChI=1S/C28H31N3O5/c1-18(2)27(35)36-16-8-13-30-23-10-7-6-9-22(23)28(4,5)24(30)12-11-20-19(3)21(17-29)26(34)31(14-15-32)25(20)33/h6-7,9-11,32-33H,1,8,13-16H2,2-5H3. The third kappa shape index (κ3) is 4.85. The van der Waals surface area contributed by atoms with Crippen LogP contribution in [0.2, 0.25) is 0 Å². The zero-order valence-electron chi connectivity index (χ0n) is 21.1. The van der Waals surface area contributed by atoms with E-state index in [0.717, 1.165) is 21.5 Å². The van der Waals surface area contributed by atoms with Crippen LogP contribution in [0.5, 0.6) is 5.88 Å². The maximum atomic E-state index is 12.6. The predicted octanol–water partition coefficient (Wildman–Crippen LogP) is 3.53. The molecule has 0 aliphatic carbocycles. The van der Waals surface area contributed by atoms with E-state index in [1.165, 1.54) is 0 Å². The van der Waals surface area contributed by atoms with Gasteiger partial charge in [0.2, 0.25) is 5.88 Å². The van der Waals surface area contributed by atoms with Gasteiger partial charge in [0.25, 0.3) is 5.56 Å². The molecule has 8 nitrogen and oxygen atoms in total. The third-order valence-electron chi connectivity index (χ3n) is 6.36. The molecule has 0 saturated heterocycles. The molecule has 2 aromatic rings. The van der Waals surface area contributed by atoms with Crippen LogP contribution in [0.3, 0.4) is 0 Å². The molecular weight excluding hydrogens is 458 g/mol. The molecule has 0 saturated carbocycles. The number of pyridine rings is 1. The minimum atomic E-state index is -0.647. The van der Waals surface area contributed by atoms with Gasteiger partial charge in [0, 0.05) is 28.8 Å². The molecular formula is C28H31N3O5. The molecule has 1 aromatic heterocycles. The van der Waals surface area contributed by atoms with Crippen molar-refractivity contribution in [2.75, 3.05) is 24.7 Å². The average molecular weight is 490 g/mol. The van der Waals surface area contributed by atoms with Crippen molar-refractivity contribution in [1.82, 2.24) is 4.57 Å². The van der Waals surface area contributed by atoms with Crippen LogP contribution in [0.1, 0.15) is 49.4 Å². The quantitative estimate of drug-likeness (QED) is 0.252. The lowest BCUT2D eigenvalue weighted by atomic mass is 9.84. The Bertz CT molecular complexity index is 1370. The number of carbonyl (C=O) groups excluding carboxylic acids is 1. The zero-order valence-corrected chi connectivity index (χ0v) is 21.1. The van der Waals surface area contributed by atoms with Gasteiger partial charge in [-0.15, -0.1) is 0 Å². The van der Waals surface area contributed by atoms with E-state index in [1.807, 2.05) is 24.3 Å². The number of hydrogen-bond acceptors (Lipinski definition) is 7. The summed E-state index contributed by atoms with van der Waals surface area (Å²) in [5, 5.41) is 29.7. The molecule has 0 unspecified atom stereocenters. The van der Waals surface area contributed by atoms with Crippen LogP contribution < -0.4 is 10.5 Å². The summed E-state index contributed by atoms with van der Waals surface area (Å²) in [5.41, 5.74) is 6.07. The summed E-state index contributed by atoms with van der Waals surface area (Å²) < 4.78 is 6.25. The first-order valence-corrected chi connectivity index (χ1v) is 11.7. The van der Waals surface area contributed by atoms with Gasteiger partial charge < -0.3 is 19.8 Å². The highest BCUT2D eigenvalue weighted by atomic mass is 16.5. The lowest BCUT2D eigenvalue weighted by Gasteiger charge is -2.25. The molecule has 0 amide bonds. The van der Waals surface area contributed by atoms with Crippen molar-refractivity contribution in [3.63, 3.8) is 0 Å². The van der Waals surface area contributed by atoms with Gasteiger partial charge in [0.15, 0.2) is 0 Å². The number of nitrogens with zero attached hydrogens (tertiary/aromatic N) is 3. The molecule has 0 fully saturated rings. The van der Waals surface area contributed by atoms with E-state index >= 15 is 0 Å². The number of aromatic nitrogens is 1. The molecule has 2 N–H and O–H groups in total. The van der Waals surface area contributed by atoms with E-state index in [4.69, 9.17) is 4.74 Å². The fourth-order valence-corrected chi connectivity index (χ4v) is 4.42. The Morgan fingerprint density at radius 2 is 1.97 bits per heavy atom. The second kappa shape index (κ2) is 10.7. The molecule has 36 heavy (non-hydrogen) atoms. The minimum Gasteiger partial charge on any atom is -0.494 e. The van der Waals surface area contributed by atoms with Gasteiger partial charge in [-0.25, -0.2) is 4.79 Å². The number of hydrogen-bond donors (Lipinski definition) is 2. The largest absolute Gasteiger partial charge is 0.494 e. The molecule has 0 radical (unpaired) electrons. The average Bonchev–Trinajstić information content (AvgIpc) is 3.05. The highest BCUT2D eigenvalue weighted by Gasteiger charge is 2.39. The Hall–Kier alpha value is -4.05. The Kier molecular flexibility index (Phi) is 7.89. The van der Waals surface area contributed by atoms with Gasteiger partial charge in [-0.3, -0.25) is 9.36 Å². The van der Waals surface area contributed by atoms with Crippen molar-refractivity contribution in [3.05, 3.63) is 80.5 Å². The highest BCUT2D eigenvalue weighted by Crippen LogP contribution is 2.47. The summed E-state index contributed by atoms with van der Waals surface area (Å²) in [6.07, 6.45) is 2.15. The number of ether oxygens (including phenoxy) is 1. The van der Waals surface area contributed by atoms with Crippen molar-refractivity contribution in [2.24, 2.45) is 0 Å². The summed E-state index contributed by atoms with van der Waals surface area (Å²) in [6.45, 7) is 11.2. The summed E-state index contributed by atoms with van der Waals surface area (Å²) in [4.78, 5) is 26.4.